The van der Waals surface area contributed by atoms with Crippen LogP contribution in [0.5, 0.6) is 0 Å². The lowest BCUT2D eigenvalue weighted by molar-refractivity contribution is 0.381. The summed E-state index contributed by atoms with van der Waals surface area (Å²) in [7, 11) is -4.67. The number of aliphatic imine (C=N–C) groups is 1. The summed E-state index contributed by atoms with van der Waals surface area (Å²) in [5.74, 6) is 1.08. The number of nitrogens with one attached hydrogen (secondary N) is 1. The summed E-state index contributed by atoms with van der Waals surface area (Å²) < 4.78 is 31.6. The molecule has 0 saturated carbocycles. The summed E-state index contributed by atoms with van der Waals surface area (Å²) in [4.78, 5) is 4.04. The van der Waals surface area contributed by atoms with Gasteiger partial charge >= 0.3 is 10.4 Å². The van der Waals surface area contributed by atoms with Crippen molar-refractivity contribution in [1.29, 1.82) is 0 Å². The van der Waals surface area contributed by atoms with Gasteiger partial charge in [0, 0.05) is 6.54 Å². The summed E-state index contributed by atoms with van der Waals surface area (Å²) in [6.07, 6.45) is 0. The van der Waals surface area contributed by atoms with Crippen LogP contribution in [0.3, 0.4) is 0 Å². The standard InChI is InChI=1S/C4H8N2.H2O4S/c1-4-5-2-3-6-4;1-5(2,3)4/h2-3H2,1H3,(H,5,6);(H2,1,2,3,4). The second-order valence-corrected chi connectivity index (χ2v) is 2.74. The topological polar surface area (TPSA) is 99.0 Å². The van der Waals surface area contributed by atoms with Gasteiger partial charge in [-0.3, -0.25) is 14.1 Å². The van der Waals surface area contributed by atoms with Crippen molar-refractivity contribution in [3.63, 3.8) is 0 Å². The van der Waals surface area contributed by atoms with Crippen LogP contribution in [0, 0.1) is 0 Å². The van der Waals surface area contributed by atoms with Gasteiger partial charge in [0.05, 0.1) is 12.4 Å². The van der Waals surface area contributed by atoms with Gasteiger partial charge in [-0.05, 0) is 6.92 Å². The molecule has 0 radical (unpaired) electrons. The maximum Gasteiger partial charge on any atom is 0.394 e. The first-order valence-electron chi connectivity index (χ1n) is 2.84. The lowest BCUT2D eigenvalue weighted by Crippen LogP contribution is -2.13. The van der Waals surface area contributed by atoms with Gasteiger partial charge in [-0.25, -0.2) is 0 Å². The van der Waals surface area contributed by atoms with Crippen LogP contribution in [0.2, 0.25) is 0 Å². The molecule has 0 aromatic rings. The third kappa shape index (κ3) is 12.5. The van der Waals surface area contributed by atoms with Gasteiger partial charge in [0.1, 0.15) is 0 Å². The lowest BCUT2D eigenvalue weighted by Gasteiger charge is -1.85. The van der Waals surface area contributed by atoms with Gasteiger partial charge in [0.25, 0.3) is 0 Å². The molecule has 6 nitrogen and oxygen atoms in total. The second kappa shape index (κ2) is 4.27. The van der Waals surface area contributed by atoms with E-state index in [-0.39, 0.29) is 0 Å². The Kier molecular flexibility index (Phi) is 4.01. The molecule has 0 unspecified atom stereocenters. The van der Waals surface area contributed by atoms with Crippen LogP contribution in [-0.4, -0.2) is 36.4 Å². The van der Waals surface area contributed by atoms with E-state index in [0.29, 0.717) is 0 Å². The van der Waals surface area contributed by atoms with E-state index in [2.05, 4.69) is 10.3 Å². The van der Waals surface area contributed by atoms with Crippen molar-refractivity contribution >= 4 is 16.2 Å². The highest BCUT2D eigenvalue weighted by molar-refractivity contribution is 7.79. The predicted octanol–water partition coefficient (Wildman–Crippen LogP) is -0.645. The SMILES string of the molecule is CC1=NCCN1.O=S(=O)(O)O. The average Bonchev–Trinajstić information content (AvgIpc) is 2.12. The highest BCUT2D eigenvalue weighted by Crippen LogP contribution is 1.79. The zero-order chi connectivity index (χ0) is 8.91. The van der Waals surface area contributed by atoms with Gasteiger partial charge in [-0.1, -0.05) is 0 Å². The fraction of sp³-hybridized carbons (Fsp3) is 0.750. The minimum atomic E-state index is -4.67. The van der Waals surface area contributed by atoms with Crippen LogP contribution >= 0.6 is 0 Å². The van der Waals surface area contributed by atoms with Crippen molar-refractivity contribution in [2.24, 2.45) is 4.99 Å². The van der Waals surface area contributed by atoms with E-state index in [4.69, 9.17) is 17.5 Å². The third-order valence-corrected chi connectivity index (χ3v) is 0.842. The first kappa shape index (κ1) is 10.3. The normalized spacial score (nSPS) is 16.1. The molecule has 0 amide bonds. The molecule has 0 aromatic heterocycles. The van der Waals surface area contributed by atoms with Crippen LogP contribution in [-0.2, 0) is 10.4 Å². The largest absolute Gasteiger partial charge is 0.394 e. The molecule has 0 atom stereocenters. The lowest BCUT2D eigenvalue weighted by atomic mass is 10.7. The minimum absolute atomic E-state index is 0.964. The number of hydrogen-bond acceptors (Lipinski definition) is 4. The molecule has 7 heteroatoms. The predicted molar refractivity (Wildman–Crippen MR) is 40.2 cm³/mol. The van der Waals surface area contributed by atoms with Gasteiger partial charge in [-0.15, -0.1) is 0 Å². The van der Waals surface area contributed by atoms with Crippen molar-refractivity contribution in [1.82, 2.24) is 5.32 Å². The summed E-state index contributed by atoms with van der Waals surface area (Å²) in [5, 5.41) is 3.07. The van der Waals surface area contributed by atoms with Gasteiger partial charge in [0.2, 0.25) is 0 Å². The smallest absolute Gasteiger partial charge is 0.372 e. The first-order chi connectivity index (χ1) is 4.89. The Morgan fingerprint density at radius 1 is 1.55 bits per heavy atom. The van der Waals surface area contributed by atoms with E-state index in [1.54, 1.807) is 0 Å². The zero-order valence-corrected chi connectivity index (χ0v) is 6.80. The van der Waals surface area contributed by atoms with Crippen molar-refractivity contribution < 1.29 is 17.5 Å². The molecule has 0 saturated heterocycles. The van der Waals surface area contributed by atoms with Crippen LogP contribution in [0.15, 0.2) is 4.99 Å². The molecule has 66 valence electrons. The molecular formula is C4H10N2O4S. The Morgan fingerprint density at radius 2 is 2.00 bits per heavy atom. The van der Waals surface area contributed by atoms with E-state index >= 15 is 0 Å². The highest BCUT2D eigenvalue weighted by Gasteiger charge is 1.93. The molecule has 1 rings (SSSR count). The number of rotatable bonds is 0. The number of nitrogens with zero attached hydrogens (tertiary/aromatic N) is 1. The van der Waals surface area contributed by atoms with E-state index in [1.807, 2.05) is 6.92 Å². The number of amidine groups is 1. The number of hydrogen-bond donors (Lipinski definition) is 3. The Morgan fingerprint density at radius 3 is 2.09 bits per heavy atom. The first-order valence-corrected chi connectivity index (χ1v) is 4.24. The van der Waals surface area contributed by atoms with Crippen LogP contribution < -0.4 is 5.32 Å². The third-order valence-electron chi connectivity index (χ3n) is 0.842. The van der Waals surface area contributed by atoms with Crippen LogP contribution in [0.1, 0.15) is 6.92 Å². The molecule has 3 N–H and O–H groups in total. The van der Waals surface area contributed by atoms with Gasteiger partial charge in [-0.2, -0.15) is 8.42 Å². The zero-order valence-electron chi connectivity index (χ0n) is 5.98. The van der Waals surface area contributed by atoms with E-state index in [9.17, 15) is 0 Å². The Bertz CT molecular complexity index is 224. The Hall–Kier alpha value is -0.660. The van der Waals surface area contributed by atoms with E-state index in [0.717, 1.165) is 18.9 Å². The van der Waals surface area contributed by atoms with Gasteiger partial charge < -0.3 is 5.32 Å². The second-order valence-electron chi connectivity index (χ2n) is 1.84. The summed E-state index contributed by atoms with van der Waals surface area (Å²) >= 11 is 0. The minimum Gasteiger partial charge on any atom is -0.372 e. The van der Waals surface area contributed by atoms with Crippen LogP contribution in [0.4, 0.5) is 0 Å². The Labute approximate surface area is 64.9 Å². The molecule has 0 fully saturated rings. The molecule has 1 heterocycles. The fourth-order valence-electron chi connectivity index (χ4n) is 0.516. The summed E-state index contributed by atoms with van der Waals surface area (Å²) in [6.45, 7) is 3.98. The molecule has 0 spiro atoms. The molecule has 0 aromatic carbocycles. The highest BCUT2D eigenvalue weighted by atomic mass is 32.3. The molecule has 1 aliphatic rings. The van der Waals surface area contributed by atoms with E-state index in [1.165, 1.54) is 0 Å². The monoisotopic (exact) mass is 182 g/mol. The molecular weight excluding hydrogens is 172 g/mol. The summed E-state index contributed by atoms with van der Waals surface area (Å²) in [6, 6.07) is 0. The molecule has 1 aliphatic heterocycles. The fourth-order valence-corrected chi connectivity index (χ4v) is 0.516. The average molecular weight is 182 g/mol. The maximum absolute atomic E-state index is 8.74. The van der Waals surface area contributed by atoms with Gasteiger partial charge in [0.15, 0.2) is 0 Å². The van der Waals surface area contributed by atoms with Crippen molar-refractivity contribution in [3.8, 4) is 0 Å². The maximum atomic E-state index is 8.74. The van der Waals surface area contributed by atoms with E-state index < -0.39 is 10.4 Å². The van der Waals surface area contributed by atoms with Crippen molar-refractivity contribution in [2.75, 3.05) is 13.1 Å². The van der Waals surface area contributed by atoms with Crippen LogP contribution in [0.25, 0.3) is 0 Å². The van der Waals surface area contributed by atoms with Crippen molar-refractivity contribution in [2.45, 2.75) is 6.92 Å². The summed E-state index contributed by atoms with van der Waals surface area (Å²) in [5.41, 5.74) is 0. The quantitative estimate of drug-likeness (QED) is 0.432. The molecule has 11 heavy (non-hydrogen) atoms. The van der Waals surface area contributed by atoms with Crippen molar-refractivity contribution in [3.05, 3.63) is 0 Å². The molecule has 0 bridgehead atoms. The Balaban J connectivity index is 0.000000187. The molecule has 0 aliphatic carbocycles.